The van der Waals surface area contributed by atoms with Crippen molar-refractivity contribution in [2.24, 2.45) is 5.73 Å². The van der Waals surface area contributed by atoms with Crippen molar-refractivity contribution >= 4 is 0 Å². The second kappa shape index (κ2) is 5.61. The normalized spacial score (nSPS) is 12.4. The third-order valence-corrected chi connectivity index (χ3v) is 2.51. The molecule has 96 valence electrons. The zero-order chi connectivity index (χ0) is 13.0. The summed E-state index contributed by atoms with van der Waals surface area (Å²) in [6, 6.07) is 7.33. The van der Waals surface area contributed by atoms with Crippen molar-refractivity contribution in [2.75, 3.05) is 13.7 Å². The van der Waals surface area contributed by atoms with Crippen LogP contribution in [0.5, 0.6) is 5.75 Å². The van der Waals surface area contributed by atoms with Gasteiger partial charge in [0.15, 0.2) is 0 Å². The maximum absolute atomic E-state index is 9.70. The molecule has 1 aromatic carbocycles. The molecule has 6 nitrogen and oxygen atoms in total. The Balaban J connectivity index is 2.29. The van der Waals surface area contributed by atoms with Crippen molar-refractivity contribution in [1.29, 1.82) is 0 Å². The van der Waals surface area contributed by atoms with Crippen LogP contribution in [0.2, 0.25) is 0 Å². The van der Waals surface area contributed by atoms with Crippen LogP contribution >= 0.6 is 0 Å². The summed E-state index contributed by atoms with van der Waals surface area (Å²) in [7, 11) is 1.57. The molecule has 0 unspecified atom stereocenters. The zero-order valence-corrected chi connectivity index (χ0v) is 10.0. The maximum Gasteiger partial charge on any atom is 0.255 e. The number of ether oxygens (including phenoxy) is 1. The van der Waals surface area contributed by atoms with Crippen LogP contribution in [0, 0.1) is 0 Å². The quantitative estimate of drug-likeness (QED) is 0.824. The largest absolute Gasteiger partial charge is 0.496 e. The van der Waals surface area contributed by atoms with E-state index in [1.54, 1.807) is 7.11 Å². The van der Waals surface area contributed by atoms with Crippen molar-refractivity contribution in [3.8, 4) is 17.1 Å². The molecule has 6 heteroatoms. The molecule has 0 saturated heterocycles. The Bertz CT molecular complexity index is 513. The molecule has 0 amide bonds. The summed E-state index contributed by atoms with van der Waals surface area (Å²) in [5.41, 5.74) is 6.08. The minimum atomic E-state index is -0.828. The van der Waals surface area contributed by atoms with Crippen LogP contribution in [0.3, 0.4) is 0 Å². The summed E-state index contributed by atoms with van der Waals surface area (Å²) in [5, 5.41) is 13.5. The molecule has 0 radical (unpaired) electrons. The summed E-state index contributed by atoms with van der Waals surface area (Å²) in [6.45, 7) is 0.355. The first-order chi connectivity index (χ1) is 8.76. The van der Waals surface area contributed by atoms with Crippen LogP contribution < -0.4 is 10.5 Å². The van der Waals surface area contributed by atoms with Crippen molar-refractivity contribution in [1.82, 2.24) is 10.1 Å². The highest BCUT2D eigenvalue weighted by molar-refractivity contribution is 5.63. The number of hydrogen-bond acceptors (Lipinski definition) is 6. The molecule has 0 fully saturated rings. The van der Waals surface area contributed by atoms with E-state index in [1.165, 1.54) is 0 Å². The number of para-hydroxylation sites is 1. The smallest absolute Gasteiger partial charge is 0.255 e. The van der Waals surface area contributed by atoms with Crippen LogP contribution in [-0.4, -0.2) is 28.9 Å². The third-order valence-electron chi connectivity index (χ3n) is 2.51. The van der Waals surface area contributed by atoms with Gasteiger partial charge in [0, 0.05) is 0 Å². The number of aliphatic hydroxyl groups excluding tert-OH is 1. The van der Waals surface area contributed by atoms with Crippen LogP contribution in [0.25, 0.3) is 11.4 Å². The van der Waals surface area contributed by atoms with E-state index in [0.717, 1.165) is 5.56 Å². The lowest BCUT2D eigenvalue weighted by Gasteiger charge is -2.03. The van der Waals surface area contributed by atoms with Gasteiger partial charge in [-0.1, -0.05) is 17.3 Å². The number of nitrogens with two attached hydrogens (primary N) is 1. The molecule has 0 bridgehead atoms. The standard InChI is InChI=1S/C12H15N3O3/c1-17-10-5-3-2-4-8(10)11-14-12(18-15-11)9(16)6-7-13/h2-5,9,16H,6-7,13H2,1H3/t9-/m0/s1. The highest BCUT2D eigenvalue weighted by Gasteiger charge is 2.17. The van der Waals surface area contributed by atoms with E-state index in [9.17, 15) is 5.11 Å². The van der Waals surface area contributed by atoms with Gasteiger partial charge in [-0.3, -0.25) is 0 Å². The first kappa shape index (κ1) is 12.5. The molecule has 0 saturated carbocycles. The zero-order valence-electron chi connectivity index (χ0n) is 10.0. The van der Waals surface area contributed by atoms with E-state index in [1.807, 2.05) is 24.3 Å². The predicted octanol–water partition coefficient (Wildman–Crippen LogP) is 1.13. The van der Waals surface area contributed by atoms with Crippen molar-refractivity contribution in [3.63, 3.8) is 0 Å². The number of aromatic nitrogens is 2. The van der Waals surface area contributed by atoms with Gasteiger partial charge in [0.25, 0.3) is 5.89 Å². The topological polar surface area (TPSA) is 94.4 Å². The SMILES string of the molecule is COc1ccccc1-c1noc([C@@H](O)CCN)n1. The highest BCUT2D eigenvalue weighted by Crippen LogP contribution is 2.28. The molecule has 1 heterocycles. The predicted molar refractivity (Wildman–Crippen MR) is 64.9 cm³/mol. The number of benzene rings is 1. The number of methoxy groups -OCH3 is 1. The van der Waals surface area contributed by atoms with Gasteiger partial charge in [0.05, 0.1) is 12.7 Å². The molecule has 1 aromatic heterocycles. The van der Waals surface area contributed by atoms with Gasteiger partial charge in [-0.25, -0.2) is 0 Å². The van der Waals surface area contributed by atoms with E-state index in [2.05, 4.69) is 10.1 Å². The molecular weight excluding hydrogens is 234 g/mol. The number of aliphatic hydroxyl groups is 1. The maximum atomic E-state index is 9.70. The van der Waals surface area contributed by atoms with Crippen molar-refractivity contribution in [3.05, 3.63) is 30.2 Å². The molecule has 0 aliphatic rings. The number of hydrogen-bond donors (Lipinski definition) is 2. The fourth-order valence-corrected chi connectivity index (χ4v) is 1.59. The summed E-state index contributed by atoms with van der Waals surface area (Å²) in [5.74, 6) is 1.21. The summed E-state index contributed by atoms with van der Waals surface area (Å²) in [4.78, 5) is 4.14. The van der Waals surface area contributed by atoms with E-state index in [-0.39, 0.29) is 5.89 Å². The second-order valence-corrected chi connectivity index (χ2v) is 3.75. The van der Waals surface area contributed by atoms with Gasteiger partial charge < -0.3 is 20.1 Å². The molecular formula is C12H15N3O3. The van der Waals surface area contributed by atoms with Crippen LogP contribution in [0.4, 0.5) is 0 Å². The molecule has 2 rings (SSSR count). The molecule has 0 spiro atoms. The highest BCUT2D eigenvalue weighted by atomic mass is 16.5. The molecule has 3 N–H and O–H groups in total. The fourth-order valence-electron chi connectivity index (χ4n) is 1.59. The molecule has 1 atom stereocenters. The molecule has 0 aliphatic heterocycles. The summed E-state index contributed by atoms with van der Waals surface area (Å²) < 4.78 is 10.2. The first-order valence-corrected chi connectivity index (χ1v) is 5.61. The third kappa shape index (κ3) is 2.49. The molecule has 2 aromatic rings. The number of rotatable bonds is 5. The Morgan fingerprint density at radius 3 is 2.94 bits per heavy atom. The van der Waals surface area contributed by atoms with E-state index < -0.39 is 6.10 Å². The number of nitrogens with zero attached hydrogens (tertiary/aromatic N) is 2. The van der Waals surface area contributed by atoms with Gasteiger partial charge in [-0.05, 0) is 25.1 Å². The Hall–Kier alpha value is -1.92. The van der Waals surface area contributed by atoms with Gasteiger partial charge >= 0.3 is 0 Å². The Morgan fingerprint density at radius 1 is 1.44 bits per heavy atom. The molecule has 0 aliphatic carbocycles. The average molecular weight is 249 g/mol. The summed E-state index contributed by atoms with van der Waals surface area (Å²) in [6.07, 6.45) is -0.445. The monoisotopic (exact) mass is 249 g/mol. The Morgan fingerprint density at radius 2 is 2.22 bits per heavy atom. The van der Waals surface area contributed by atoms with Gasteiger partial charge in [0.1, 0.15) is 11.9 Å². The Kier molecular flexibility index (Phi) is 3.91. The molecule has 18 heavy (non-hydrogen) atoms. The van der Waals surface area contributed by atoms with Crippen LogP contribution in [-0.2, 0) is 0 Å². The van der Waals surface area contributed by atoms with E-state index in [4.69, 9.17) is 15.0 Å². The lowest BCUT2D eigenvalue weighted by Crippen LogP contribution is -2.06. The average Bonchev–Trinajstić information content (AvgIpc) is 2.88. The van der Waals surface area contributed by atoms with Crippen LogP contribution in [0.1, 0.15) is 18.4 Å². The minimum Gasteiger partial charge on any atom is -0.496 e. The van der Waals surface area contributed by atoms with E-state index >= 15 is 0 Å². The lowest BCUT2D eigenvalue weighted by molar-refractivity contribution is 0.127. The van der Waals surface area contributed by atoms with Crippen molar-refractivity contribution in [2.45, 2.75) is 12.5 Å². The lowest BCUT2D eigenvalue weighted by atomic mass is 10.2. The fraction of sp³-hybridized carbons (Fsp3) is 0.333. The Labute approximate surface area is 104 Å². The van der Waals surface area contributed by atoms with Gasteiger partial charge in [-0.15, -0.1) is 0 Å². The van der Waals surface area contributed by atoms with Gasteiger partial charge in [-0.2, -0.15) is 4.98 Å². The van der Waals surface area contributed by atoms with Crippen LogP contribution in [0.15, 0.2) is 28.8 Å². The summed E-state index contributed by atoms with van der Waals surface area (Å²) >= 11 is 0. The minimum absolute atomic E-state index is 0.168. The van der Waals surface area contributed by atoms with Crippen molar-refractivity contribution < 1.29 is 14.4 Å². The van der Waals surface area contributed by atoms with Gasteiger partial charge in [0.2, 0.25) is 5.82 Å². The van der Waals surface area contributed by atoms with E-state index in [0.29, 0.717) is 24.5 Å². The first-order valence-electron chi connectivity index (χ1n) is 5.61. The second-order valence-electron chi connectivity index (χ2n) is 3.75.